The van der Waals surface area contributed by atoms with Gasteiger partial charge in [-0.25, -0.2) is 0 Å². The van der Waals surface area contributed by atoms with Crippen LogP contribution >= 0.6 is 22.6 Å². The van der Waals surface area contributed by atoms with Gasteiger partial charge < -0.3 is 14.4 Å². The molecule has 0 amide bonds. The van der Waals surface area contributed by atoms with E-state index in [9.17, 15) is 32.9 Å². The summed E-state index contributed by atoms with van der Waals surface area (Å²) in [5.74, 6) is -0.920. The molecule has 0 atom stereocenters. The van der Waals surface area contributed by atoms with Crippen LogP contribution in [0.4, 0.5) is 18.9 Å². The Morgan fingerprint density at radius 3 is 2.00 bits per heavy atom. The van der Waals surface area contributed by atoms with Crippen molar-refractivity contribution in [3.05, 3.63) is 114 Å². The Hall–Kier alpha value is -4.20. The maximum atomic E-state index is 14.3. The van der Waals surface area contributed by atoms with Crippen LogP contribution in [0.2, 0.25) is 0 Å². The second-order valence-corrected chi connectivity index (χ2v) is 16.1. The zero-order valence-corrected chi connectivity index (χ0v) is 31.1. The number of rotatable bonds is 8. The van der Waals surface area contributed by atoms with Gasteiger partial charge in [0.1, 0.15) is 0 Å². The van der Waals surface area contributed by atoms with E-state index in [4.69, 9.17) is 9.47 Å². The molecule has 0 saturated heterocycles. The van der Waals surface area contributed by atoms with Crippen molar-refractivity contribution in [3.63, 3.8) is 0 Å². The molecule has 0 radical (unpaired) electrons. The lowest BCUT2D eigenvalue weighted by molar-refractivity contribution is -0.385. The lowest BCUT2D eigenvalue weighted by Gasteiger charge is -2.49. The first kappa shape index (κ1) is 36.6. The lowest BCUT2D eigenvalue weighted by atomic mass is 9.63. The number of nitrogens with zero attached hydrogens (tertiary/aromatic N) is 2. The van der Waals surface area contributed by atoms with Crippen LogP contribution in [0.5, 0.6) is 17.2 Å². The van der Waals surface area contributed by atoms with E-state index in [0.717, 1.165) is 29.1 Å². The number of carbonyl (C=O) groups excluding carboxylic acids is 2. The normalized spacial score (nSPS) is 18.8. The predicted octanol–water partition coefficient (Wildman–Crippen LogP) is 10.3. The van der Waals surface area contributed by atoms with E-state index in [0.29, 0.717) is 58.6 Å². The Morgan fingerprint density at radius 1 is 0.882 bits per heavy atom. The van der Waals surface area contributed by atoms with Crippen molar-refractivity contribution in [1.82, 2.24) is 4.90 Å². The molecular formula is C39H38F3IN2O6. The second-order valence-electron chi connectivity index (χ2n) is 14.9. The number of ketones is 2. The Bertz CT molecular complexity index is 1950. The maximum Gasteiger partial charge on any atom is 0.416 e. The Morgan fingerprint density at radius 2 is 1.47 bits per heavy atom. The summed E-state index contributed by atoms with van der Waals surface area (Å²) < 4.78 is 52.6. The van der Waals surface area contributed by atoms with E-state index in [-0.39, 0.29) is 40.5 Å². The first-order chi connectivity index (χ1) is 23.9. The fourth-order valence-corrected chi connectivity index (χ4v) is 8.22. The van der Waals surface area contributed by atoms with Gasteiger partial charge in [0.25, 0.3) is 0 Å². The van der Waals surface area contributed by atoms with E-state index >= 15 is 0 Å². The second kappa shape index (κ2) is 13.4. The minimum Gasteiger partial charge on any atom is -0.490 e. The maximum absolute atomic E-state index is 14.3. The van der Waals surface area contributed by atoms with E-state index < -0.39 is 34.0 Å². The van der Waals surface area contributed by atoms with Crippen molar-refractivity contribution in [1.29, 1.82) is 0 Å². The third kappa shape index (κ3) is 7.29. The summed E-state index contributed by atoms with van der Waals surface area (Å²) in [6.45, 7) is 10.7. The highest BCUT2D eigenvalue weighted by Crippen LogP contribution is 2.56. The number of ether oxygens (including phenoxy) is 2. The van der Waals surface area contributed by atoms with Crippen molar-refractivity contribution in [2.75, 3.05) is 6.61 Å². The van der Waals surface area contributed by atoms with Crippen molar-refractivity contribution >= 4 is 39.8 Å². The van der Waals surface area contributed by atoms with Crippen LogP contribution in [0, 0.1) is 24.5 Å². The molecule has 268 valence electrons. The van der Waals surface area contributed by atoms with Gasteiger partial charge in [0.2, 0.25) is 5.75 Å². The van der Waals surface area contributed by atoms with Gasteiger partial charge in [0, 0.05) is 53.9 Å². The number of nitro groups is 1. The number of Topliss-reactive ketones (excluding diaryl/α,β-unsaturated/α-hetero) is 2. The van der Waals surface area contributed by atoms with Gasteiger partial charge in [-0.3, -0.25) is 19.7 Å². The van der Waals surface area contributed by atoms with Gasteiger partial charge in [-0.05, 0) is 88.6 Å². The first-order valence-corrected chi connectivity index (χ1v) is 17.8. The van der Waals surface area contributed by atoms with Crippen LogP contribution in [0.3, 0.4) is 0 Å². The monoisotopic (exact) mass is 814 g/mol. The third-order valence-electron chi connectivity index (χ3n) is 9.57. The molecule has 0 bridgehead atoms. The number of hydrogen-bond donors (Lipinski definition) is 0. The zero-order chi connectivity index (χ0) is 37.0. The number of allylic oxidation sites excluding steroid dienone is 4. The molecule has 8 nitrogen and oxygen atoms in total. The average molecular weight is 815 g/mol. The van der Waals surface area contributed by atoms with Crippen LogP contribution in [-0.4, -0.2) is 28.0 Å². The molecule has 0 spiro atoms. The molecule has 0 unspecified atom stereocenters. The molecule has 51 heavy (non-hydrogen) atoms. The number of carbonyl (C=O) groups is 2. The van der Waals surface area contributed by atoms with Crippen molar-refractivity contribution in [3.8, 4) is 17.2 Å². The summed E-state index contributed by atoms with van der Waals surface area (Å²) in [6, 6.07) is 15.5. The minimum atomic E-state index is -4.79. The van der Waals surface area contributed by atoms with Crippen LogP contribution < -0.4 is 9.47 Å². The lowest BCUT2D eigenvalue weighted by Crippen LogP contribution is -2.44. The Labute approximate surface area is 308 Å². The van der Waals surface area contributed by atoms with Crippen LogP contribution in [0.25, 0.3) is 0 Å². The van der Waals surface area contributed by atoms with Crippen molar-refractivity contribution in [2.24, 2.45) is 10.8 Å². The molecule has 3 aromatic carbocycles. The fourth-order valence-electron chi connectivity index (χ4n) is 7.49. The van der Waals surface area contributed by atoms with Gasteiger partial charge >= 0.3 is 11.9 Å². The molecule has 1 aliphatic heterocycles. The van der Waals surface area contributed by atoms with E-state index in [1.165, 1.54) is 0 Å². The summed E-state index contributed by atoms with van der Waals surface area (Å²) in [5.41, 5.74) is 1.93. The average Bonchev–Trinajstić information content (AvgIpc) is 3.02. The third-order valence-corrected chi connectivity index (χ3v) is 10.4. The van der Waals surface area contributed by atoms with Gasteiger partial charge in [-0.15, -0.1) is 0 Å². The van der Waals surface area contributed by atoms with Crippen molar-refractivity contribution < 1.29 is 37.2 Å². The van der Waals surface area contributed by atoms with E-state index in [2.05, 4.69) is 32.6 Å². The minimum absolute atomic E-state index is 0.0397. The molecule has 6 rings (SSSR count). The molecule has 3 aliphatic rings. The fraction of sp³-hybridized carbons (Fsp3) is 0.385. The zero-order valence-electron chi connectivity index (χ0n) is 28.9. The van der Waals surface area contributed by atoms with Gasteiger partial charge in [0.05, 0.1) is 20.7 Å². The molecule has 2 aliphatic carbocycles. The summed E-state index contributed by atoms with van der Waals surface area (Å²) >= 11 is 1.99. The molecule has 1 heterocycles. The number of nitro benzene ring substituents is 1. The molecule has 0 N–H and O–H groups in total. The van der Waals surface area contributed by atoms with Crippen molar-refractivity contribution in [2.45, 2.75) is 78.9 Å². The van der Waals surface area contributed by atoms with E-state index in [1.807, 2.05) is 52.9 Å². The van der Waals surface area contributed by atoms with Gasteiger partial charge in [0.15, 0.2) is 23.1 Å². The molecule has 0 fully saturated rings. The topological polar surface area (TPSA) is 99.0 Å². The molecule has 12 heteroatoms. The largest absolute Gasteiger partial charge is 0.490 e. The smallest absolute Gasteiger partial charge is 0.416 e. The molecule has 0 aromatic heterocycles. The standard InChI is InChI=1S/C39H38F3IN2O6/c1-6-50-32-15-23(14-25(43)36(32)51-31-13-12-24(39(40,41)42)16-26(31)45(48)49)33-34-27(17-37(2,3)19-29(34)46)44(21-22-10-8-7-9-11-22)28-18-38(4,5)20-30(47)35(28)33/h7-16,33H,6,17-21H2,1-5H3. The highest BCUT2D eigenvalue weighted by molar-refractivity contribution is 14.1. The highest BCUT2D eigenvalue weighted by atomic mass is 127. The number of halogens is 4. The van der Waals surface area contributed by atoms with Crippen LogP contribution in [0.1, 0.15) is 82.9 Å². The highest BCUT2D eigenvalue weighted by Gasteiger charge is 2.49. The van der Waals surface area contributed by atoms with Crippen LogP contribution in [0.15, 0.2) is 83.2 Å². The van der Waals surface area contributed by atoms with Gasteiger partial charge in [-0.2, -0.15) is 13.2 Å². The Kier molecular flexibility index (Phi) is 9.62. The summed E-state index contributed by atoms with van der Waals surface area (Å²) in [4.78, 5) is 41.8. The predicted molar refractivity (Wildman–Crippen MR) is 193 cm³/mol. The summed E-state index contributed by atoms with van der Waals surface area (Å²) in [7, 11) is 0. The molecule has 3 aromatic rings. The first-order valence-electron chi connectivity index (χ1n) is 16.7. The van der Waals surface area contributed by atoms with Crippen LogP contribution in [-0.2, 0) is 22.3 Å². The van der Waals surface area contributed by atoms with Gasteiger partial charge in [-0.1, -0.05) is 58.0 Å². The molecule has 0 saturated carbocycles. The van der Waals surface area contributed by atoms with E-state index in [1.54, 1.807) is 19.1 Å². The number of hydrogen-bond acceptors (Lipinski definition) is 7. The SMILES string of the molecule is CCOc1cc(C2C3=C(CC(C)(C)CC3=O)N(Cc3ccccc3)C3=C2C(=O)CC(C)(C)C3)cc(I)c1Oc1ccc(C(F)(F)F)cc1[N+](=O)[O-]. The number of alkyl halides is 3. The Balaban J connectivity index is 1.54. The molecular weight excluding hydrogens is 776 g/mol. The summed E-state index contributed by atoms with van der Waals surface area (Å²) in [6.07, 6.45) is -2.94. The summed E-state index contributed by atoms with van der Waals surface area (Å²) in [5, 5.41) is 11.9. The quantitative estimate of drug-likeness (QED) is 0.127. The number of benzene rings is 3.